The second-order valence-corrected chi connectivity index (χ2v) is 4.97. The van der Waals surface area contributed by atoms with Crippen molar-refractivity contribution in [1.29, 1.82) is 0 Å². The van der Waals surface area contributed by atoms with Gasteiger partial charge in [-0.1, -0.05) is 29.4 Å². The van der Waals surface area contributed by atoms with Crippen LogP contribution in [-0.4, -0.2) is 11.0 Å². The van der Waals surface area contributed by atoms with Crippen LogP contribution in [0.15, 0.2) is 52.1 Å². The van der Waals surface area contributed by atoms with Gasteiger partial charge in [-0.25, -0.2) is 4.39 Å². The highest BCUT2D eigenvalue weighted by Crippen LogP contribution is 2.24. The lowest BCUT2D eigenvalue weighted by Crippen LogP contribution is -2.16. The number of nitrogens with zero attached hydrogens (tertiary/aromatic N) is 1. The lowest BCUT2D eigenvalue weighted by atomic mass is 10.1. The Balaban J connectivity index is 2.19. The van der Waals surface area contributed by atoms with Gasteiger partial charge in [0, 0.05) is 22.3 Å². The largest absolute Gasteiger partial charge is 0.409 e. The standard InChI is InChI=1S/C14H13BrFN3O/c15-12-7-10(16)5-6-13(12)18-8-9-3-1-2-4-11(9)14(17)19-20/h1-7,18,20H,8H2,(H2,17,19). The number of benzene rings is 2. The van der Waals surface area contributed by atoms with Crippen LogP contribution in [0.4, 0.5) is 10.1 Å². The fraction of sp³-hybridized carbons (Fsp3) is 0.0714. The summed E-state index contributed by atoms with van der Waals surface area (Å²) < 4.78 is 13.6. The molecule has 2 rings (SSSR count). The predicted molar refractivity (Wildman–Crippen MR) is 80.4 cm³/mol. The number of nitrogens with two attached hydrogens (primary N) is 1. The quantitative estimate of drug-likeness (QED) is 0.347. The zero-order chi connectivity index (χ0) is 14.5. The van der Waals surface area contributed by atoms with Crippen LogP contribution < -0.4 is 11.1 Å². The molecule has 20 heavy (non-hydrogen) atoms. The summed E-state index contributed by atoms with van der Waals surface area (Å²) in [6.07, 6.45) is 0. The van der Waals surface area contributed by atoms with Crippen molar-refractivity contribution in [2.24, 2.45) is 10.9 Å². The van der Waals surface area contributed by atoms with Gasteiger partial charge in [-0.05, 0) is 39.7 Å². The van der Waals surface area contributed by atoms with Gasteiger partial charge in [0.25, 0.3) is 0 Å². The molecular formula is C14H13BrFN3O. The van der Waals surface area contributed by atoms with E-state index in [9.17, 15) is 4.39 Å². The minimum atomic E-state index is -0.306. The summed E-state index contributed by atoms with van der Waals surface area (Å²) in [5.41, 5.74) is 7.92. The highest BCUT2D eigenvalue weighted by Gasteiger charge is 2.07. The van der Waals surface area contributed by atoms with E-state index in [1.54, 1.807) is 12.1 Å². The first kappa shape index (κ1) is 14.3. The van der Waals surface area contributed by atoms with E-state index in [1.807, 2.05) is 18.2 Å². The summed E-state index contributed by atoms with van der Waals surface area (Å²) >= 11 is 3.29. The zero-order valence-electron chi connectivity index (χ0n) is 10.5. The van der Waals surface area contributed by atoms with Gasteiger partial charge >= 0.3 is 0 Å². The predicted octanol–water partition coefficient (Wildman–Crippen LogP) is 3.29. The molecule has 0 aliphatic carbocycles. The van der Waals surface area contributed by atoms with E-state index < -0.39 is 0 Å². The summed E-state index contributed by atoms with van der Waals surface area (Å²) in [5.74, 6) is -0.250. The molecule has 0 atom stereocenters. The molecule has 0 radical (unpaired) electrons. The molecule has 0 fully saturated rings. The summed E-state index contributed by atoms with van der Waals surface area (Å²) in [7, 11) is 0. The molecular weight excluding hydrogens is 325 g/mol. The van der Waals surface area contributed by atoms with Crippen LogP contribution in [0.5, 0.6) is 0 Å². The van der Waals surface area contributed by atoms with Crippen molar-refractivity contribution in [1.82, 2.24) is 0 Å². The van der Waals surface area contributed by atoms with Gasteiger partial charge < -0.3 is 16.3 Å². The maximum absolute atomic E-state index is 13.0. The summed E-state index contributed by atoms with van der Waals surface area (Å²) in [6.45, 7) is 0.469. The molecule has 0 saturated heterocycles. The van der Waals surface area contributed by atoms with Gasteiger partial charge in [0.2, 0.25) is 0 Å². The molecule has 2 aromatic carbocycles. The molecule has 0 aliphatic heterocycles. The topological polar surface area (TPSA) is 70.6 Å². The highest BCUT2D eigenvalue weighted by atomic mass is 79.9. The van der Waals surface area contributed by atoms with Crippen LogP contribution in [0, 0.1) is 5.82 Å². The summed E-state index contributed by atoms with van der Waals surface area (Å²) in [5, 5.41) is 14.9. The molecule has 4 nitrogen and oxygen atoms in total. The Hall–Kier alpha value is -2.08. The fourth-order valence-electron chi connectivity index (χ4n) is 1.80. The van der Waals surface area contributed by atoms with Crippen LogP contribution in [0.25, 0.3) is 0 Å². The maximum Gasteiger partial charge on any atom is 0.170 e. The first-order valence-electron chi connectivity index (χ1n) is 5.86. The molecule has 0 amide bonds. The average molecular weight is 338 g/mol. The maximum atomic E-state index is 13.0. The van der Waals surface area contributed by atoms with Gasteiger partial charge in [-0.3, -0.25) is 0 Å². The number of rotatable bonds is 4. The molecule has 0 bridgehead atoms. The van der Waals surface area contributed by atoms with Crippen molar-refractivity contribution >= 4 is 27.5 Å². The van der Waals surface area contributed by atoms with Crippen LogP contribution >= 0.6 is 15.9 Å². The molecule has 6 heteroatoms. The molecule has 104 valence electrons. The van der Waals surface area contributed by atoms with Crippen molar-refractivity contribution in [3.05, 3.63) is 63.9 Å². The summed E-state index contributed by atoms with van der Waals surface area (Å²) in [6, 6.07) is 11.7. The third-order valence-electron chi connectivity index (χ3n) is 2.80. The van der Waals surface area contributed by atoms with E-state index in [2.05, 4.69) is 26.4 Å². The first-order chi connectivity index (χ1) is 9.61. The minimum absolute atomic E-state index is 0.0561. The van der Waals surface area contributed by atoms with Crippen molar-refractivity contribution in [2.75, 3.05) is 5.32 Å². The second kappa shape index (κ2) is 6.38. The van der Waals surface area contributed by atoms with E-state index in [1.165, 1.54) is 12.1 Å². The Kier molecular flexibility index (Phi) is 4.57. The molecule has 0 aliphatic rings. The van der Waals surface area contributed by atoms with Crippen LogP contribution in [0.3, 0.4) is 0 Å². The molecule has 0 aromatic heterocycles. The van der Waals surface area contributed by atoms with Crippen molar-refractivity contribution in [2.45, 2.75) is 6.54 Å². The molecule has 2 aromatic rings. The Morgan fingerprint density at radius 1 is 1.30 bits per heavy atom. The van der Waals surface area contributed by atoms with Gasteiger partial charge in [-0.2, -0.15) is 0 Å². The van der Waals surface area contributed by atoms with E-state index >= 15 is 0 Å². The van der Waals surface area contributed by atoms with Crippen molar-refractivity contribution in [3.8, 4) is 0 Å². The van der Waals surface area contributed by atoms with Gasteiger partial charge in [0.1, 0.15) is 5.82 Å². The molecule has 0 unspecified atom stereocenters. The van der Waals surface area contributed by atoms with E-state index in [0.717, 1.165) is 11.3 Å². The SMILES string of the molecule is NC(=NO)c1ccccc1CNc1ccc(F)cc1Br. The number of amidine groups is 1. The number of halogens is 2. The third kappa shape index (κ3) is 3.27. The van der Waals surface area contributed by atoms with Gasteiger partial charge in [0.05, 0.1) is 0 Å². The summed E-state index contributed by atoms with van der Waals surface area (Å²) in [4.78, 5) is 0. The van der Waals surface area contributed by atoms with Gasteiger partial charge in [-0.15, -0.1) is 0 Å². The third-order valence-corrected chi connectivity index (χ3v) is 3.46. The highest BCUT2D eigenvalue weighted by molar-refractivity contribution is 9.10. The average Bonchev–Trinajstić information content (AvgIpc) is 2.46. The van der Waals surface area contributed by atoms with Crippen LogP contribution in [-0.2, 0) is 6.54 Å². The normalized spacial score (nSPS) is 11.4. The van der Waals surface area contributed by atoms with Gasteiger partial charge in [0.15, 0.2) is 5.84 Å². The van der Waals surface area contributed by atoms with Crippen molar-refractivity contribution < 1.29 is 9.60 Å². The Morgan fingerprint density at radius 3 is 2.75 bits per heavy atom. The number of hydrogen-bond acceptors (Lipinski definition) is 3. The second-order valence-electron chi connectivity index (χ2n) is 4.12. The lowest BCUT2D eigenvalue weighted by Gasteiger charge is -2.11. The minimum Gasteiger partial charge on any atom is -0.409 e. The smallest absolute Gasteiger partial charge is 0.170 e. The fourth-order valence-corrected chi connectivity index (χ4v) is 2.29. The monoisotopic (exact) mass is 337 g/mol. The molecule has 0 heterocycles. The Bertz CT molecular complexity index is 646. The van der Waals surface area contributed by atoms with E-state index in [4.69, 9.17) is 10.9 Å². The number of nitrogens with one attached hydrogen (secondary N) is 1. The van der Waals surface area contributed by atoms with E-state index in [0.29, 0.717) is 16.6 Å². The zero-order valence-corrected chi connectivity index (χ0v) is 12.1. The Morgan fingerprint density at radius 2 is 2.05 bits per heavy atom. The number of hydrogen-bond donors (Lipinski definition) is 3. The molecule has 0 spiro atoms. The Labute approximate surface area is 124 Å². The van der Waals surface area contributed by atoms with E-state index in [-0.39, 0.29) is 11.7 Å². The number of anilines is 1. The lowest BCUT2D eigenvalue weighted by molar-refractivity contribution is 0.318. The van der Waals surface area contributed by atoms with Crippen LogP contribution in [0.1, 0.15) is 11.1 Å². The number of oxime groups is 1. The molecule has 0 saturated carbocycles. The van der Waals surface area contributed by atoms with Crippen molar-refractivity contribution in [3.63, 3.8) is 0 Å². The molecule has 4 N–H and O–H groups in total. The van der Waals surface area contributed by atoms with Crippen LogP contribution in [0.2, 0.25) is 0 Å². The first-order valence-corrected chi connectivity index (χ1v) is 6.66.